The fourth-order valence-corrected chi connectivity index (χ4v) is 2.83. The molecule has 0 aliphatic heterocycles. The van der Waals surface area contributed by atoms with Gasteiger partial charge in [-0.05, 0) is 12.5 Å². The molecule has 0 saturated carbocycles. The third-order valence-corrected chi connectivity index (χ3v) is 4.34. The summed E-state index contributed by atoms with van der Waals surface area (Å²) in [5.41, 5.74) is 5.66. The van der Waals surface area contributed by atoms with Crippen molar-refractivity contribution in [3.8, 4) is 0 Å². The fourth-order valence-electron chi connectivity index (χ4n) is 2.83. The minimum atomic E-state index is -0.447. The van der Waals surface area contributed by atoms with Crippen LogP contribution in [0.25, 0.3) is 16.6 Å². The molecule has 2 aromatic carbocycles. The number of para-hydroxylation sites is 1. The van der Waals surface area contributed by atoms with Gasteiger partial charge in [0, 0.05) is 59.0 Å². The molecular formula is C21H21N5O3. The summed E-state index contributed by atoms with van der Waals surface area (Å²) in [5, 5.41) is 19.0. The van der Waals surface area contributed by atoms with Gasteiger partial charge >= 0.3 is 0 Å². The van der Waals surface area contributed by atoms with Crippen molar-refractivity contribution in [1.82, 2.24) is 15.7 Å². The summed E-state index contributed by atoms with van der Waals surface area (Å²) in [7, 11) is 0. The highest BCUT2D eigenvalue weighted by molar-refractivity contribution is 5.99. The molecule has 3 aromatic rings. The number of nitrogens with zero attached hydrogens (tertiary/aromatic N) is 2. The van der Waals surface area contributed by atoms with E-state index in [4.69, 9.17) is 0 Å². The van der Waals surface area contributed by atoms with Gasteiger partial charge < -0.3 is 10.3 Å². The highest BCUT2D eigenvalue weighted by Gasteiger charge is 2.08. The molecule has 8 nitrogen and oxygen atoms in total. The van der Waals surface area contributed by atoms with Gasteiger partial charge in [0.25, 0.3) is 5.69 Å². The number of hydrogen-bond donors (Lipinski definition) is 3. The molecule has 3 N–H and O–H groups in total. The van der Waals surface area contributed by atoms with Gasteiger partial charge in [0.15, 0.2) is 0 Å². The summed E-state index contributed by atoms with van der Waals surface area (Å²) >= 11 is 0. The van der Waals surface area contributed by atoms with Crippen molar-refractivity contribution in [2.24, 2.45) is 5.10 Å². The van der Waals surface area contributed by atoms with Gasteiger partial charge in [-0.3, -0.25) is 14.9 Å². The average Bonchev–Trinajstić information content (AvgIpc) is 3.14. The van der Waals surface area contributed by atoms with Crippen molar-refractivity contribution < 1.29 is 9.72 Å². The Bertz CT molecular complexity index is 1070. The summed E-state index contributed by atoms with van der Waals surface area (Å²) in [5.74, 6) is -0.191. The lowest BCUT2D eigenvalue weighted by Gasteiger charge is -2.09. The summed E-state index contributed by atoms with van der Waals surface area (Å²) in [6.07, 6.45) is 4.31. The monoisotopic (exact) mass is 391 g/mol. The quantitative estimate of drug-likeness (QED) is 0.224. The Morgan fingerprint density at radius 1 is 1.24 bits per heavy atom. The van der Waals surface area contributed by atoms with E-state index in [1.54, 1.807) is 18.3 Å². The Balaban J connectivity index is 1.40. The van der Waals surface area contributed by atoms with E-state index < -0.39 is 4.92 Å². The highest BCUT2D eigenvalue weighted by Crippen LogP contribution is 2.17. The molecule has 29 heavy (non-hydrogen) atoms. The number of H-pyrrole nitrogens is 1. The molecule has 0 atom stereocenters. The van der Waals surface area contributed by atoms with Gasteiger partial charge in [0.05, 0.1) is 11.1 Å². The molecule has 8 heteroatoms. The number of nitrogens with one attached hydrogen (secondary N) is 3. The lowest BCUT2D eigenvalue weighted by Crippen LogP contribution is -2.20. The van der Waals surface area contributed by atoms with E-state index in [-0.39, 0.29) is 11.6 Å². The van der Waals surface area contributed by atoms with Crippen molar-refractivity contribution in [3.63, 3.8) is 0 Å². The van der Waals surface area contributed by atoms with Gasteiger partial charge in [-0.15, -0.1) is 0 Å². The lowest BCUT2D eigenvalue weighted by molar-refractivity contribution is -0.384. The van der Waals surface area contributed by atoms with Crippen molar-refractivity contribution in [2.45, 2.75) is 12.8 Å². The molecule has 0 saturated heterocycles. The van der Waals surface area contributed by atoms with Crippen LogP contribution in [0.1, 0.15) is 24.0 Å². The molecule has 0 spiro atoms. The summed E-state index contributed by atoms with van der Waals surface area (Å²) < 4.78 is 0. The zero-order chi connectivity index (χ0) is 20.6. The maximum absolute atomic E-state index is 11.9. The first-order chi connectivity index (χ1) is 14.0. The average molecular weight is 391 g/mol. The second kappa shape index (κ2) is 9.32. The van der Waals surface area contributed by atoms with Gasteiger partial charge in [-0.1, -0.05) is 36.9 Å². The number of carbonyl (C=O) groups is 1. The zero-order valence-corrected chi connectivity index (χ0v) is 15.7. The molecular weight excluding hydrogens is 370 g/mol. The van der Waals surface area contributed by atoms with Gasteiger partial charge in [0.1, 0.15) is 0 Å². The molecule has 1 heterocycles. The number of carbonyl (C=O) groups excluding carboxylic acids is 1. The predicted octanol–water partition coefficient (Wildman–Crippen LogP) is 3.57. The van der Waals surface area contributed by atoms with Gasteiger partial charge in [0.2, 0.25) is 5.91 Å². The molecule has 0 bridgehead atoms. The number of amides is 1. The van der Waals surface area contributed by atoms with E-state index in [9.17, 15) is 14.9 Å². The van der Waals surface area contributed by atoms with Gasteiger partial charge in [-0.25, -0.2) is 5.43 Å². The molecule has 0 unspecified atom stereocenters. The van der Waals surface area contributed by atoms with E-state index in [2.05, 4.69) is 27.4 Å². The third kappa shape index (κ3) is 5.29. The number of nitro groups is 1. The molecule has 0 fully saturated rings. The van der Waals surface area contributed by atoms with Crippen LogP contribution in [0, 0.1) is 10.1 Å². The molecule has 0 aliphatic rings. The lowest BCUT2D eigenvalue weighted by atomic mass is 10.1. The zero-order valence-electron chi connectivity index (χ0n) is 15.7. The number of rotatable bonds is 9. The number of hydrazone groups is 1. The SMILES string of the molecule is C=C(NCCCC(=O)N/N=C\c1c[nH]c2ccccc12)c1cccc([N+](=O)[O-])c1. The Kier molecular flexibility index (Phi) is 6.36. The topological polar surface area (TPSA) is 112 Å². The van der Waals surface area contributed by atoms with Crippen LogP contribution in [0.15, 0.2) is 66.4 Å². The Labute approximate surface area is 167 Å². The highest BCUT2D eigenvalue weighted by atomic mass is 16.6. The number of benzene rings is 2. The predicted molar refractivity (Wildman–Crippen MR) is 113 cm³/mol. The summed E-state index contributed by atoms with van der Waals surface area (Å²) in [6.45, 7) is 4.40. The van der Waals surface area contributed by atoms with E-state index >= 15 is 0 Å². The second-order valence-electron chi connectivity index (χ2n) is 6.40. The first-order valence-electron chi connectivity index (χ1n) is 9.10. The number of nitro benzene ring substituents is 1. The minimum Gasteiger partial charge on any atom is -0.385 e. The Morgan fingerprint density at radius 3 is 2.90 bits per heavy atom. The van der Waals surface area contributed by atoms with Crippen molar-refractivity contribution in [1.29, 1.82) is 0 Å². The fraction of sp³-hybridized carbons (Fsp3) is 0.143. The standard InChI is InChI=1S/C21H21N5O3/c1-15(16-6-4-7-18(12-16)26(28)29)22-11-5-10-21(27)25-24-14-17-13-23-20-9-3-2-8-19(17)20/h2-4,6-9,12-14,22-23H,1,5,10-11H2,(H,25,27)/b24-14-. The summed E-state index contributed by atoms with van der Waals surface area (Å²) in [4.78, 5) is 25.4. The van der Waals surface area contributed by atoms with E-state index in [0.29, 0.717) is 30.6 Å². The van der Waals surface area contributed by atoms with Crippen molar-refractivity contribution in [2.75, 3.05) is 6.54 Å². The molecule has 1 amide bonds. The van der Waals surface area contributed by atoms with E-state index in [0.717, 1.165) is 16.5 Å². The first-order valence-corrected chi connectivity index (χ1v) is 9.10. The first kappa shape index (κ1) is 19.8. The number of non-ortho nitro benzene ring substituents is 1. The number of aromatic nitrogens is 1. The Hall–Kier alpha value is -3.94. The molecule has 0 aliphatic carbocycles. The summed E-state index contributed by atoms with van der Waals surface area (Å²) in [6, 6.07) is 14.1. The van der Waals surface area contributed by atoms with Crippen LogP contribution in [0.3, 0.4) is 0 Å². The van der Waals surface area contributed by atoms with Crippen LogP contribution in [-0.4, -0.2) is 28.6 Å². The van der Waals surface area contributed by atoms with E-state index in [1.165, 1.54) is 12.1 Å². The van der Waals surface area contributed by atoms with Crippen LogP contribution < -0.4 is 10.7 Å². The van der Waals surface area contributed by atoms with Gasteiger partial charge in [-0.2, -0.15) is 5.10 Å². The third-order valence-electron chi connectivity index (χ3n) is 4.34. The number of fused-ring (bicyclic) bond motifs is 1. The Morgan fingerprint density at radius 2 is 2.07 bits per heavy atom. The van der Waals surface area contributed by atoms with Crippen LogP contribution in [-0.2, 0) is 4.79 Å². The smallest absolute Gasteiger partial charge is 0.270 e. The van der Waals surface area contributed by atoms with Crippen molar-refractivity contribution >= 4 is 34.4 Å². The van der Waals surface area contributed by atoms with Crippen LogP contribution in [0.2, 0.25) is 0 Å². The maximum atomic E-state index is 11.9. The van der Waals surface area contributed by atoms with Crippen molar-refractivity contribution in [3.05, 3.63) is 82.5 Å². The molecule has 3 rings (SSSR count). The van der Waals surface area contributed by atoms with Crippen LogP contribution >= 0.6 is 0 Å². The maximum Gasteiger partial charge on any atom is 0.270 e. The minimum absolute atomic E-state index is 0.0119. The largest absolute Gasteiger partial charge is 0.385 e. The molecule has 0 radical (unpaired) electrons. The number of hydrogen-bond acceptors (Lipinski definition) is 5. The molecule has 1 aromatic heterocycles. The molecule has 148 valence electrons. The number of aromatic amines is 1. The van der Waals surface area contributed by atoms with Crippen LogP contribution in [0.5, 0.6) is 0 Å². The van der Waals surface area contributed by atoms with E-state index in [1.807, 2.05) is 30.5 Å². The van der Waals surface area contributed by atoms with Crippen LogP contribution in [0.4, 0.5) is 5.69 Å². The normalized spacial score (nSPS) is 10.9. The second-order valence-corrected chi connectivity index (χ2v) is 6.40.